The molecule has 0 saturated heterocycles. The predicted molar refractivity (Wildman–Crippen MR) is 108 cm³/mol. The molecule has 2 aromatic carbocycles. The van der Waals surface area contributed by atoms with Crippen LogP contribution in [0.1, 0.15) is 35.3 Å². The molecule has 1 aliphatic heterocycles. The molecule has 0 saturated carbocycles. The third kappa shape index (κ3) is 2.55. The highest BCUT2D eigenvalue weighted by Gasteiger charge is 2.40. The number of aliphatic hydroxyl groups is 1. The van der Waals surface area contributed by atoms with Crippen molar-refractivity contribution in [3.63, 3.8) is 0 Å². The molecule has 0 amide bonds. The number of aliphatic hydroxyl groups excluding tert-OH is 1. The fourth-order valence-corrected chi connectivity index (χ4v) is 5.65. The molecular weight excluding hydrogens is 355 g/mol. The van der Waals surface area contributed by atoms with Gasteiger partial charge in [-0.1, -0.05) is 36.4 Å². The Morgan fingerprint density at radius 3 is 2.78 bits per heavy atom. The zero-order chi connectivity index (χ0) is 18.8. The maximum Gasteiger partial charge on any atom is 0.109 e. The lowest BCUT2D eigenvalue weighted by molar-refractivity contribution is 0.0721. The predicted octanol–water partition coefficient (Wildman–Crippen LogP) is 4.00. The average Bonchev–Trinajstić information content (AvgIpc) is 3.23. The van der Waals surface area contributed by atoms with E-state index in [-0.39, 0.29) is 12.0 Å². The summed E-state index contributed by atoms with van der Waals surface area (Å²) >= 11 is 0. The Labute approximate surface area is 159 Å². The quantitative estimate of drug-likeness (QED) is 0.686. The topological polar surface area (TPSA) is 55.1 Å². The molecule has 1 aromatic heterocycles. The lowest BCUT2D eigenvalue weighted by Crippen LogP contribution is -2.29. The summed E-state index contributed by atoms with van der Waals surface area (Å²) in [5.41, 5.74) is 5.70. The summed E-state index contributed by atoms with van der Waals surface area (Å²) in [6, 6.07) is 14.5. The van der Waals surface area contributed by atoms with Gasteiger partial charge in [0.1, 0.15) is 7.14 Å². The molecule has 3 atom stereocenters. The van der Waals surface area contributed by atoms with Gasteiger partial charge in [0.15, 0.2) is 0 Å². The number of fused-ring (bicyclic) bond motifs is 4. The minimum absolute atomic E-state index is 0.0671. The highest BCUT2D eigenvalue weighted by atomic mass is 31.2. The van der Waals surface area contributed by atoms with Crippen LogP contribution in [-0.4, -0.2) is 28.0 Å². The van der Waals surface area contributed by atoms with E-state index in [1.807, 2.05) is 24.7 Å². The van der Waals surface area contributed by atoms with Gasteiger partial charge in [0.2, 0.25) is 0 Å². The molecule has 27 heavy (non-hydrogen) atoms. The largest absolute Gasteiger partial charge is 0.388 e. The van der Waals surface area contributed by atoms with Gasteiger partial charge in [-0.25, -0.2) is 4.98 Å². The monoisotopic (exact) mass is 378 g/mol. The third-order valence-electron chi connectivity index (χ3n) is 6.15. The first-order chi connectivity index (χ1) is 12.9. The van der Waals surface area contributed by atoms with Gasteiger partial charge in [-0.05, 0) is 48.9 Å². The number of nitrogens with zero attached hydrogens (tertiary/aromatic N) is 2. The first-order valence-corrected chi connectivity index (χ1v) is 12.0. The second-order valence-corrected chi connectivity index (χ2v) is 11.3. The van der Waals surface area contributed by atoms with Gasteiger partial charge < -0.3 is 14.2 Å². The lowest BCUT2D eigenvalue weighted by atomic mass is 9.76. The van der Waals surface area contributed by atoms with Crippen molar-refractivity contribution in [1.82, 2.24) is 9.55 Å². The van der Waals surface area contributed by atoms with Gasteiger partial charge in [0.25, 0.3) is 0 Å². The average molecular weight is 378 g/mol. The zero-order valence-electron chi connectivity index (χ0n) is 15.5. The SMILES string of the molecule is CP(C)(=O)c1ccc2c(c1)[C@@H](O)[C@H]([C@H]1c3ccccc3-c3cncn31)CC2. The van der Waals surface area contributed by atoms with E-state index >= 15 is 0 Å². The van der Waals surface area contributed by atoms with Crippen molar-refractivity contribution >= 4 is 12.4 Å². The normalized spacial score (nSPS) is 23.6. The molecular formula is C22H23N2O2P. The number of aromatic nitrogens is 2. The summed E-state index contributed by atoms with van der Waals surface area (Å²) in [6.07, 6.45) is 5.06. The van der Waals surface area contributed by atoms with Gasteiger partial charge in [0.05, 0.1) is 30.4 Å². The summed E-state index contributed by atoms with van der Waals surface area (Å²) in [7, 11) is -2.36. The van der Waals surface area contributed by atoms with Crippen LogP contribution in [0.25, 0.3) is 11.3 Å². The van der Waals surface area contributed by atoms with Gasteiger partial charge in [-0.15, -0.1) is 0 Å². The van der Waals surface area contributed by atoms with Crippen LogP contribution in [0, 0.1) is 5.92 Å². The van der Waals surface area contributed by atoms with Crippen LogP contribution >= 0.6 is 7.14 Å². The number of rotatable bonds is 2. The van der Waals surface area contributed by atoms with Crippen molar-refractivity contribution in [3.05, 3.63) is 71.7 Å². The second-order valence-electron chi connectivity index (χ2n) is 8.10. The Hall–Kier alpha value is -2.16. The van der Waals surface area contributed by atoms with Crippen LogP contribution in [0.15, 0.2) is 55.0 Å². The van der Waals surface area contributed by atoms with Crippen LogP contribution in [0.2, 0.25) is 0 Å². The zero-order valence-corrected chi connectivity index (χ0v) is 16.4. The number of benzene rings is 2. The molecule has 0 unspecified atom stereocenters. The second kappa shape index (κ2) is 5.92. The Morgan fingerprint density at radius 1 is 1.15 bits per heavy atom. The Kier molecular flexibility index (Phi) is 3.72. The fraction of sp³-hybridized carbons (Fsp3) is 0.318. The number of hydrogen-bond donors (Lipinski definition) is 1. The Balaban J connectivity index is 1.60. The molecule has 3 aromatic rings. The number of imidazole rings is 1. The molecule has 1 N–H and O–H groups in total. The van der Waals surface area contributed by atoms with E-state index in [1.54, 1.807) is 13.3 Å². The molecule has 2 heterocycles. The van der Waals surface area contributed by atoms with Crippen molar-refractivity contribution in [2.45, 2.75) is 25.0 Å². The van der Waals surface area contributed by atoms with Crippen molar-refractivity contribution in [2.75, 3.05) is 13.3 Å². The van der Waals surface area contributed by atoms with Crippen LogP contribution in [0.3, 0.4) is 0 Å². The maximum absolute atomic E-state index is 12.5. The molecule has 2 aliphatic rings. The molecule has 4 nitrogen and oxygen atoms in total. The van der Waals surface area contributed by atoms with E-state index in [0.717, 1.165) is 29.4 Å². The van der Waals surface area contributed by atoms with Crippen molar-refractivity contribution in [3.8, 4) is 11.3 Å². The fourth-order valence-electron chi connectivity index (χ4n) is 4.77. The molecule has 0 fully saturated rings. The summed E-state index contributed by atoms with van der Waals surface area (Å²) < 4.78 is 14.8. The molecule has 0 bridgehead atoms. The van der Waals surface area contributed by atoms with Crippen LogP contribution in [0.4, 0.5) is 0 Å². The first kappa shape index (κ1) is 17.0. The number of aryl methyl sites for hydroxylation is 1. The minimum Gasteiger partial charge on any atom is -0.388 e. The summed E-state index contributed by atoms with van der Waals surface area (Å²) in [5, 5.41) is 12.2. The van der Waals surface area contributed by atoms with Gasteiger partial charge in [-0.3, -0.25) is 0 Å². The van der Waals surface area contributed by atoms with E-state index in [9.17, 15) is 9.67 Å². The standard InChI is InChI=1S/C22H23N2O2P/c1-27(2,26)15-9-7-14-8-10-18(22(25)19(14)11-15)21-17-6-4-3-5-16(17)20-12-23-13-24(20)21/h3-7,9,11-13,18,21-22,25H,8,10H2,1-2H3/t18-,21+,22-/m0/s1. The van der Waals surface area contributed by atoms with Gasteiger partial charge in [-0.2, -0.15) is 0 Å². The van der Waals surface area contributed by atoms with Gasteiger partial charge >= 0.3 is 0 Å². The lowest BCUT2D eigenvalue weighted by Gasteiger charge is -2.35. The van der Waals surface area contributed by atoms with Crippen LogP contribution in [-0.2, 0) is 11.0 Å². The Bertz CT molecular complexity index is 1080. The van der Waals surface area contributed by atoms with Crippen LogP contribution in [0.5, 0.6) is 0 Å². The van der Waals surface area contributed by atoms with E-state index in [4.69, 9.17) is 0 Å². The molecule has 0 radical (unpaired) electrons. The van der Waals surface area contributed by atoms with Crippen molar-refractivity contribution in [1.29, 1.82) is 0 Å². The van der Waals surface area contributed by atoms with E-state index in [2.05, 4.69) is 39.9 Å². The smallest absolute Gasteiger partial charge is 0.109 e. The summed E-state index contributed by atoms with van der Waals surface area (Å²) in [5.74, 6) is 0.0671. The number of hydrogen-bond acceptors (Lipinski definition) is 3. The van der Waals surface area contributed by atoms with E-state index < -0.39 is 13.2 Å². The van der Waals surface area contributed by atoms with E-state index in [1.165, 1.54) is 16.7 Å². The first-order valence-electron chi connectivity index (χ1n) is 9.43. The summed E-state index contributed by atoms with van der Waals surface area (Å²) in [6.45, 7) is 3.57. The van der Waals surface area contributed by atoms with Crippen molar-refractivity contribution in [2.24, 2.45) is 5.92 Å². The molecule has 5 rings (SSSR count). The highest BCUT2D eigenvalue weighted by Crippen LogP contribution is 2.50. The van der Waals surface area contributed by atoms with E-state index in [0.29, 0.717) is 0 Å². The molecule has 0 spiro atoms. The molecule has 5 heteroatoms. The molecule has 1 aliphatic carbocycles. The highest BCUT2D eigenvalue weighted by molar-refractivity contribution is 7.70. The summed E-state index contributed by atoms with van der Waals surface area (Å²) in [4.78, 5) is 4.35. The van der Waals surface area contributed by atoms with Gasteiger partial charge in [0, 0.05) is 16.8 Å². The minimum atomic E-state index is -2.36. The maximum atomic E-state index is 12.5. The molecule has 138 valence electrons. The van der Waals surface area contributed by atoms with Crippen LogP contribution < -0.4 is 5.30 Å². The van der Waals surface area contributed by atoms with Crippen molar-refractivity contribution < 1.29 is 9.67 Å². The Morgan fingerprint density at radius 2 is 1.96 bits per heavy atom. The third-order valence-corrected chi connectivity index (χ3v) is 7.67.